The van der Waals surface area contributed by atoms with E-state index in [1.807, 2.05) is 31.2 Å². The second-order valence-corrected chi connectivity index (χ2v) is 7.65. The lowest BCUT2D eigenvalue weighted by Crippen LogP contribution is -2.20. The van der Waals surface area contributed by atoms with Crippen LogP contribution in [0.3, 0.4) is 0 Å². The molecule has 0 aliphatic heterocycles. The molecule has 0 atom stereocenters. The zero-order valence-corrected chi connectivity index (χ0v) is 16.4. The normalized spacial score (nSPS) is 12.2. The van der Waals surface area contributed by atoms with E-state index >= 15 is 0 Å². The summed E-state index contributed by atoms with van der Waals surface area (Å²) in [6.07, 6.45) is 0.630. The lowest BCUT2D eigenvalue weighted by atomic mass is 9.87. The van der Waals surface area contributed by atoms with Gasteiger partial charge in [-0.05, 0) is 41.7 Å². The second-order valence-electron chi connectivity index (χ2n) is 6.80. The molecule has 0 saturated carbocycles. The van der Waals surface area contributed by atoms with Crippen molar-refractivity contribution < 1.29 is 4.79 Å². The maximum atomic E-state index is 12.3. The highest BCUT2D eigenvalue weighted by Crippen LogP contribution is 2.23. The number of nitrogens with one attached hydrogen (secondary N) is 1. The molecule has 0 aliphatic rings. The van der Waals surface area contributed by atoms with E-state index in [-0.39, 0.29) is 11.3 Å². The molecule has 132 valence electrons. The summed E-state index contributed by atoms with van der Waals surface area (Å²) < 4.78 is 0. The topological polar surface area (TPSA) is 41.5 Å². The summed E-state index contributed by atoms with van der Waals surface area (Å²) in [5.74, 6) is -0.253. The summed E-state index contributed by atoms with van der Waals surface area (Å²) in [7, 11) is 0. The molecule has 0 aliphatic carbocycles. The minimum absolute atomic E-state index is 0.0495. The number of nitrogens with zero attached hydrogens (tertiary/aromatic N) is 1. The molecule has 0 fully saturated rings. The Balaban J connectivity index is 2.17. The molecule has 2 aromatic rings. The molecular weight excluding hydrogens is 355 g/mol. The van der Waals surface area contributed by atoms with Crippen LogP contribution in [0, 0.1) is 0 Å². The predicted octanol–water partition coefficient (Wildman–Crippen LogP) is 5.84. The molecular formula is C20H22Cl2N2O. The van der Waals surface area contributed by atoms with Crippen molar-refractivity contribution in [3.63, 3.8) is 0 Å². The highest BCUT2D eigenvalue weighted by Gasteiger charge is 2.14. The van der Waals surface area contributed by atoms with Crippen molar-refractivity contribution in [1.82, 2.24) is 5.43 Å². The van der Waals surface area contributed by atoms with E-state index in [9.17, 15) is 4.79 Å². The van der Waals surface area contributed by atoms with Crippen LogP contribution in [0.2, 0.25) is 10.0 Å². The zero-order chi connectivity index (χ0) is 18.6. The van der Waals surface area contributed by atoms with Crippen LogP contribution in [0.15, 0.2) is 47.6 Å². The minimum Gasteiger partial charge on any atom is -0.267 e. The van der Waals surface area contributed by atoms with Crippen LogP contribution < -0.4 is 5.43 Å². The predicted molar refractivity (Wildman–Crippen MR) is 106 cm³/mol. The van der Waals surface area contributed by atoms with Crippen LogP contribution in [0.25, 0.3) is 0 Å². The number of hydrogen-bond acceptors (Lipinski definition) is 2. The maximum absolute atomic E-state index is 12.3. The first kappa shape index (κ1) is 19.5. The molecule has 0 spiro atoms. The van der Waals surface area contributed by atoms with Gasteiger partial charge in [0.25, 0.3) is 5.91 Å². The van der Waals surface area contributed by atoms with E-state index < -0.39 is 0 Å². The number of carbonyl (C=O) groups is 1. The van der Waals surface area contributed by atoms with Gasteiger partial charge in [-0.15, -0.1) is 0 Å². The Morgan fingerprint density at radius 3 is 2.24 bits per heavy atom. The molecule has 1 N–H and O–H groups in total. The first-order chi connectivity index (χ1) is 11.7. The van der Waals surface area contributed by atoms with Crippen LogP contribution in [-0.2, 0) is 5.41 Å². The number of hydrazone groups is 1. The largest absolute Gasteiger partial charge is 0.271 e. The van der Waals surface area contributed by atoms with Gasteiger partial charge in [0.05, 0.1) is 10.7 Å². The van der Waals surface area contributed by atoms with Gasteiger partial charge < -0.3 is 0 Å². The lowest BCUT2D eigenvalue weighted by Gasteiger charge is -2.18. The van der Waals surface area contributed by atoms with E-state index in [1.54, 1.807) is 18.2 Å². The first-order valence-electron chi connectivity index (χ1n) is 8.15. The maximum Gasteiger partial charge on any atom is 0.271 e. The molecule has 0 unspecified atom stereocenters. The fraction of sp³-hybridized carbons (Fsp3) is 0.300. The molecule has 3 nitrogen and oxygen atoms in total. The first-order valence-corrected chi connectivity index (χ1v) is 8.91. The van der Waals surface area contributed by atoms with E-state index in [2.05, 4.69) is 31.3 Å². The summed E-state index contributed by atoms with van der Waals surface area (Å²) in [4.78, 5) is 12.3. The Bertz CT molecular complexity index is 790. The van der Waals surface area contributed by atoms with Crippen LogP contribution in [-0.4, -0.2) is 11.6 Å². The third kappa shape index (κ3) is 5.07. The van der Waals surface area contributed by atoms with Crippen LogP contribution in [0.5, 0.6) is 0 Å². The fourth-order valence-electron chi connectivity index (χ4n) is 2.36. The zero-order valence-electron chi connectivity index (χ0n) is 14.9. The van der Waals surface area contributed by atoms with Gasteiger partial charge in [-0.1, -0.05) is 69.1 Å². The molecule has 0 radical (unpaired) electrons. The van der Waals surface area contributed by atoms with Gasteiger partial charge in [0.1, 0.15) is 0 Å². The van der Waals surface area contributed by atoms with Crippen molar-refractivity contribution in [1.29, 1.82) is 0 Å². The van der Waals surface area contributed by atoms with Crippen LogP contribution in [0.4, 0.5) is 0 Å². The van der Waals surface area contributed by atoms with Crippen molar-refractivity contribution >= 4 is 34.8 Å². The summed E-state index contributed by atoms with van der Waals surface area (Å²) in [5.41, 5.74) is 5.85. The Labute approximate surface area is 159 Å². The quantitative estimate of drug-likeness (QED) is 0.528. The van der Waals surface area contributed by atoms with Gasteiger partial charge >= 0.3 is 0 Å². The van der Waals surface area contributed by atoms with Crippen LogP contribution >= 0.6 is 23.2 Å². The van der Waals surface area contributed by atoms with Crippen molar-refractivity contribution in [3.05, 3.63) is 69.2 Å². The van der Waals surface area contributed by atoms with Crippen molar-refractivity contribution in [2.75, 3.05) is 0 Å². The van der Waals surface area contributed by atoms with Gasteiger partial charge in [-0.25, -0.2) is 5.43 Å². The van der Waals surface area contributed by atoms with E-state index in [0.717, 1.165) is 5.56 Å². The molecule has 5 heteroatoms. The molecule has 25 heavy (non-hydrogen) atoms. The molecule has 0 heterocycles. The Morgan fingerprint density at radius 1 is 1.08 bits per heavy atom. The number of hydrogen-bond donors (Lipinski definition) is 1. The average Bonchev–Trinajstić information content (AvgIpc) is 2.56. The van der Waals surface area contributed by atoms with Crippen molar-refractivity contribution in [3.8, 4) is 0 Å². The van der Waals surface area contributed by atoms with Gasteiger partial charge in [-0.2, -0.15) is 5.10 Å². The smallest absolute Gasteiger partial charge is 0.267 e. The molecule has 1 amide bonds. The number of halogens is 2. The van der Waals surface area contributed by atoms with E-state index in [4.69, 9.17) is 23.2 Å². The fourth-order valence-corrected chi connectivity index (χ4v) is 2.88. The molecule has 0 saturated heterocycles. The number of benzene rings is 2. The summed E-state index contributed by atoms with van der Waals surface area (Å²) in [6, 6.07) is 12.8. The standard InChI is InChI=1S/C20H22Cl2N2O/c1-5-18(16-11-10-15(21)12-17(16)22)23-24-19(25)13-6-8-14(9-7-13)20(2,3)4/h6-12H,5H2,1-4H3,(H,24,25)/b23-18+. The average molecular weight is 377 g/mol. The lowest BCUT2D eigenvalue weighted by molar-refractivity contribution is 0.0954. The monoisotopic (exact) mass is 376 g/mol. The van der Waals surface area contributed by atoms with E-state index in [1.165, 1.54) is 5.56 Å². The molecule has 0 aromatic heterocycles. The number of carbonyl (C=O) groups excluding carboxylic acids is 1. The third-order valence-corrected chi connectivity index (χ3v) is 4.43. The third-order valence-electron chi connectivity index (χ3n) is 3.88. The molecule has 2 rings (SSSR count). The second kappa shape index (κ2) is 8.03. The van der Waals surface area contributed by atoms with Gasteiger partial charge in [-0.3, -0.25) is 4.79 Å². The Kier molecular flexibility index (Phi) is 6.26. The number of rotatable bonds is 4. The molecule has 2 aromatic carbocycles. The SMILES string of the molecule is CC/C(=N\NC(=O)c1ccc(C(C)(C)C)cc1)c1ccc(Cl)cc1Cl. The summed E-state index contributed by atoms with van der Waals surface area (Å²) >= 11 is 12.1. The number of amides is 1. The highest BCUT2D eigenvalue weighted by molar-refractivity contribution is 6.37. The minimum atomic E-state index is -0.253. The Hall–Kier alpha value is -1.84. The van der Waals surface area contributed by atoms with Gasteiger partial charge in [0, 0.05) is 16.1 Å². The summed E-state index contributed by atoms with van der Waals surface area (Å²) in [6.45, 7) is 8.36. The summed E-state index contributed by atoms with van der Waals surface area (Å²) in [5, 5.41) is 5.31. The van der Waals surface area contributed by atoms with E-state index in [0.29, 0.717) is 27.7 Å². The molecule has 0 bridgehead atoms. The van der Waals surface area contributed by atoms with Crippen molar-refractivity contribution in [2.24, 2.45) is 5.10 Å². The van der Waals surface area contributed by atoms with Crippen molar-refractivity contribution in [2.45, 2.75) is 39.5 Å². The van der Waals surface area contributed by atoms with Crippen LogP contribution in [0.1, 0.15) is 55.6 Å². The van der Waals surface area contributed by atoms with Gasteiger partial charge in [0.15, 0.2) is 0 Å². The highest BCUT2D eigenvalue weighted by atomic mass is 35.5. The van der Waals surface area contributed by atoms with Gasteiger partial charge in [0.2, 0.25) is 0 Å². The Morgan fingerprint density at radius 2 is 1.72 bits per heavy atom.